The van der Waals surface area contributed by atoms with Crippen molar-refractivity contribution in [2.24, 2.45) is 0 Å². The zero-order valence-corrected chi connectivity index (χ0v) is 23.7. The Morgan fingerprint density at radius 2 is 2.05 bits per heavy atom. The van der Waals surface area contributed by atoms with Crippen LogP contribution in [0, 0.1) is 6.92 Å². The molecule has 4 aromatic rings. The molecule has 0 saturated carbocycles. The second kappa shape index (κ2) is 11.6. The molecule has 1 unspecified atom stereocenters. The Hall–Kier alpha value is -2.77. The van der Waals surface area contributed by atoms with Crippen molar-refractivity contribution in [2.45, 2.75) is 51.7 Å². The van der Waals surface area contributed by atoms with Crippen LogP contribution < -0.4 is 4.74 Å². The zero-order chi connectivity index (χ0) is 28.6. The number of piperazine rings is 1. The number of hydrogen-bond acceptors (Lipinski definition) is 9. The summed E-state index contributed by atoms with van der Waals surface area (Å²) in [7, 11) is 0. The minimum absolute atomic E-state index is 0.139. The van der Waals surface area contributed by atoms with Gasteiger partial charge in [-0.2, -0.15) is 13.2 Å². The van der Waals surface area contributed by atoms with E-state index < -0.39 is 24.1 Å². The number of halogens is 4. The van der Waals surface area contributed by atoms with E-state index >= 15 is 0 Å². The number of aryl methyl sites for hydroxylation is 1. The SMILES string of the molecule is Cc1nc2cc(OC([C@@H](C)O)N3CCN(CCc4cc(-c5ncc(C(F)(F)F)cc5Cl)no4)[C@@H](C)C3)ccc2s1. The average Bonchev–Trinajstić information content (AvgIpc) is 3.51. The molecule has 1 aromatic carbocycles. The Morgan fingerprint density at radius 3 is 2.75 bits per heavy atom. The predicted molar refractivity (Wildman–Crippen MR) is 147 cm³/mol. The topological polar surface area (TPSA) is 87.8 Å². The summed E-state index contributed by atoms with van der Waals surface area (Å²) in [4.78, 5) is 12.8. The highest BCUT2D eigenvalue weighted by Gasteiger charge is 2.33. The first kappa shape index (κ1) is 28.7. The van der Waals surface area contributed by atoms with Crippen molar-refractivity contribution >= 4 is 33.2 Å². The van der Waals surface area contributed by atoms with E-state index in [4.69, 9.17) is 20.9 Å². The quantitative estimate of drug-likeness (QED) is 0.279. The highest BCUT2D eigenvalue weighted by Crippen LogP contribution is 2.34. The molecule has 13 heteroatoms. The van der Waals surface area contributed by atoms with Gasteiger partial charge in [-0.05, 0) is 39.0 Å². The third kappa shape index (κ3) is 6.41. The first-order valence-corrected chi connectivity index (χ1v) is 14.1. The van der Waals surface area contributed by atoms with Crippen molar-refractivity contribution in [1.82, 2.24) is 24.9 Å². The first-order chi connectivity index (χ1) is 19.0. The molecule has 0 bridgehead atoms. The van der Waals surface area contributed by atoms with Crippen LogP contribution in [0.5, 0.6) is 5.75 Å². The molecule has 1 aliphatic rings. The van der Waals surface area contributed by atoms with Gasteiger partial charge in [0.1, 0.15) is 29.0 Å². The number of thiazole rings is 1. The van der Waals surface area contributed by atoms with Gasteiger partial charge < -0.3 is 14.4 Å². The summed E-state index contributed by atoms with van der Waals surface area (Å²) in [6, 6.07) is 8.48. The number of benzene rings is 1. The Kier molecular flexibility index (Phi) is 8.35. The summed E-state index contributed by atoms with van der Waals surface area (Å²) in [6.45, 7) is 8.66. The van der Waals surface area contributed by atoms with E-state index in [9.17, 15) is 18.3 Å². The van der Waals surface area contributed by atoms with Gasteiger partial charge in [0.15, 0.2) is 6.23 Å². The van der Waals surface area contributed by atoms with Gasteiger partial charge in [-0.1, -0.05) is 16.8 Å². The molecule has 1 N–H and O–H groups in total. The van der Waals surface area contributed by atoms with Gasteiger partial charge in [-0.25, -0.2) is 4.98 Å². The largest absolute Gasteiger partial charge is 0.472 e. The molecule has 8 nitrogen and oxygen atoms in total. The van der Waals surface area contributed by atoms with Gasteiger partial charge in [-0.15, -0.1) is 11.3 Å². The van der Waals surface area contributed by atoms with E-state index in [1.165, 1.54) is 0 Å². The number of aliphatic hydroxyl groups is 1. The number of aliphatic hydroxyl groups excluding tert-OH is 1. The third-order valence-electron chi connectivity index (χ3n) is 6.91. The molecule has 3 atom stereocenters. The average molecular weight is 596 g/mol. The molecular weight excluding hydrogens is 567 g/mol. The summed E-state index contributed by atoms with van der Waals surface area (Å²) in [6.07, 6.45) is -4.44. The Bertz CT molecular complexity index is 1480. The number of pyridine rings is 1. The number of fused-ring (bicyclic) bond motifs is 1. The smallest absolute Gasteiger partial charge is 0.417 e. The van der Waals surface area contributed by atoms with Gasteiger partial charge in [0.2, 0.25) is 0 Å². The molecule has 4 heterocycles. The monoisotopic (exact) mass is 595 g/mol. The molecule has 3 aromatic heterocycles. The van der Waals surface area contributed by atoms with Crippen LogP contribution in [0.15, 0.2) is 41.1 Å². The minimum Gasteiger partial charge on any atom is -0.472 e. The van der Waals surface area contributed by atoms with E-state index in [2.05, 4.69) is 31.8 Å². The second-order valence-corrected chi connectivity index (χ2v) is 11.6. The molecule has 0 spiro atoms. The van der Waals surface area contributed by atoms with Crippen molar-refractivity contribution in [3.63, 3.8) is 0 Å². The van der Waals surface area contributed by atoms with Crippen LogP contribution in [0.3, 0.4) is 0 Å². The summed E-state index contributed by atoms with van der Waals surface area (Å²) in [5, 5.41) is 15.3. The van der Waals surface area contributed by atoms with E-state index in [0.29, 0.717) is 37.6 Å². The van der Waals surface area contributed by atoms with E-state index in [1.807, 2.05) is 25.1 Å². The van der Waals surface area contributed by atoms with Crippen LogP contribution in [0.4, 0.5) is 13.2 Å². The fourth-order valence-corrected chi connectivity index (χ4v) is 5.95. The summed E-state index contributed by atoms with van der Waals surface area (Å²) in [5.74, 6) is 1.25. The van der Waals surface area contributed by atoms with Crippen LogP contribution in [0.1, 0.15) is 30.2 Å². The van der Waals surface area contributed by atoms with Gasteiger partial charge in [0.05, 0.1) is 25.8 Å². The van der Waals surface area contributed by atoms with Crippen LogP contribution in [0.2, 0.25) is 5.02 Å². The van der Waals surface area contributed by atoms with Gasteiger partial charge in [0, 0.05) is 57.0 Å². The molecular formula is C27H29ClF3N5O3S. The van der Waals surface area contributed by atoms with Crippen molar-refractivity contribution in [1.29, 1.82) is 0 Å². The van der Waals surface area contributed by atoms with Crippen LogP contribution in [-0.4, -0.2) is 74.6 Å². The second-order valence-electron chi connectivity index (χ2n) is 9.97. The van der Waals surface area contributed by atoms with Crippen LogP contribution in [-0.2, 0) is 12.6 Å². The van der Waals surface area contributed by atoms with Crippen LogP contribution in [0.25, 0.3) is 21.6 Å². The lowest BCUT2D eigenvalue weighted by molar-refractivity contribution is -0.137. The summed E-state index contributed by atoms with van der Waals surface area (Å²) >= 11 is 7.68. The van der Waals surface area contributed by atoms with Crippen molar-refractivity contribution < 1.29 is 27.5 Å². The number of rotatable bonds is 8. The minimum atomic E-state index is -4.53. The molecule has 40 heavy (non-hydrogen) atoms. The van der Waals surface area contributed by atoms with E-state index in [-0.39, 0.29) is 22.5 Å². The lowest BCUT2D eigenvalue weighted by Gasteiger charge is -2.43. The van der Waals surface area contributed by atoms with Gasteiger partial charge in [-0.3, -0.25) is 14.8 Å². The molecule has 0 radical (unpaired) electrons. The number of alkyl halides is 3. The Morgan fingerprint density at radius 1 is 1.25 bits per heavy atom. The van der Waals surface area contributed by atoms with Crippen molar-refractivity contribution in [2.75, 3.05) is 26.2 Å². The highest BCUT2D eigenvalue weighted by molar-refractivity contribution is 7.18. The van der Waals surface area contributed by atoms with Gasteiger partial charge >= 0.3 is 6.18 Å². The maximum Gasteiger partial charge on any atom is 0.417 e. The number of hydrogen-bond donors (Lipinski definition) is 1. The van der Waals surface area contributed by atoms with Crippen molar-refractivity contribution in [3.8, 4) is 17.1 Å². The van der Waals surface area contributed by atoms with E-state index in [1.54, 1.807) is 24.3 Å². The zero-order valence-electron chi connectivity index (χ0n) is 22.2. The maximum atomic E-state index is 12.9. The lowest BCUT2D eigenvalue weighted by Crippen LogP contribution is -2.58. The molecule has 0 amide bonds. The Labute approximate surface area is 238 Å². The van der Waals surface area contributed by atoms with E-state index in [0.717, 1.165) is 34.0 Å². The molecule has 0 aliphatic carbocycles. The molecule has 214 valence electrons. The highest BCUT2D eigenvalue weighted by atomic mass is 35.5. The molecule has 1 aliphatic heterocycles. The number of nitrogens with zero attached hydrogens (tertiary/aromatic N) is 5. The normalized spacial score (nSPS) is 18.8. The number of aromatic nitrogens is 3. The van der Waals surface area contributed by atoms with Gasteiger partial charge in [0.25, 0.3) is 0 Å². The fraction of sp³-hybridized carbons (Fsp3) is 0.444. The third-order valence-corrected chi connectivity index (χ3v) is 8.15. The standard InChI is InChI=1S/C27H29ClF3N5O3S/c1-15-14-36(26(16(2)37)38-19-4-5-24-22(11-19)33-17(3)40-24)9-8-35(15)7-6-20-12-23(34-39-20)25-21(28)10-18(13-32-25)27(29,30)31/h4-5,10-13,15-16,26,37H,6-9,14H2,1-3H3/t15-,16+,26?/m0/s1. The lowest BCUT2D eigenvalue weighted by atomic mass is 10.1. The maximum absolute atomic E-state index is 12.9. The summed E-state index contributed by atoms with van der Waals surface area (Å²) in [5.41, 5.74) is 0.390. The van der Waals surface area contributed by atoms with Crippen molar-refractivity contribution in [3.05, 3.63) is 57.9 Å². The molecule has 5 rings (SSSR count). The fourth-order valence-electron chi connectivity index (χ4n) is 4.88. The first-order valence-electron chi connectivity index (χ1n) is 12.9. The predicted octanol–water partition coefficient (Wildman–Crippen LogP) is 5.66. The molecule has 1 saturated heterocycles. The molecule has 1 fully saturated rings. The Balaban J connectivity index is 1.18. The van der Waals surface area contributed by atoms with Crippen LogP contribution >= 0.6 is 22.9 Å². The number of ether oxygens (including phenoxy) is 1. The summed E-state index contributed by atoms with van der Waals surface area (Å²) < 4.78 is 51.5.